The minimum atomic E-state index is -4.17. The highest BCUT2D eigenvalue weighted by molar-refractivity contribution is 7.92. The number of anilines is 1. The Morgan fingerprint density at radius 2 is 1.56 bits per heavy atom. The minimum absolute atomic E-state index is 0.0411. The van der Waals surface area contributed by atoms with E-state index in [1.807, 2.05) is 50.2 Å². The van der Waals surface area contributed by atoms with Crippen LogP contribution >= 0.6 is 23.2 Å². The van der Waals surface area contributed by atoms with Gasteiger partial charge in [-0.15, -0.1) is 0 Å². The van der Waals surface area contributed by atoms with Gasteiger partial charge in [-0.05, 0) is 66.4 Å². The molecular weight excluding hydrogens is 629 g/mol. The predicted octanol–water partition coefficient (Wildman–Crippen LogP) is 7.05. The summed E-state index contributed by atoms with van der Waals surface area (Å²) in [6, 6.07) is 28.3. The van der Waals surface area contributed by atoms with Crippen molar-refractivity contribution in [3.63, 3.8) is 0 Å². The van der Waals surface area contributed by atoms with Gasteiger partial charge < -0.3 is 10.2 Å². The largest absolute Gasteiger partial charge is 0.354 e. The van der Waals surface area contributed by atoms with E-state index in [1.165, 1.54) is 17.0 Å². The molecular formula is C35H37Cl2N3O4S. The van der Waals surface area contributed by atoms with Crippen LogP contribution in [0.4, 0.5) is 5.69 Å². The summed E-state index contributed by atoms with van der Waals surface area (Å²) < 4.78 is 29.2. The number of benzene rings is 4. The van der Waals surface area contributed by atoms with Gasteiger partial charge in [0.2, 0.25) is 11.8 Å². The second-order valence-corrected chi connectivity index (χ2v) is 13.5. The van der Waals surface area contributed by atoms with Crippen molar-refractivity contribution >= 4 is 50.7 Å². The molecule has 0 heterocycles. The van der Waals surface area contributed by atoms with E-state index in [0.29, 0.717) is 27.8 Å². The normalized spacial score (nSPS) is 11.9. The Bertz CT molecular complexity index is 1700. The van der Waals surface area contributed by atoms with Crippen LogP contribution in [0.2, 0.25) is 10.0 Å². The number of nitrogens with one attached hydrogen (secondary N) is 1. The highest BCUT2D eigenvalue weighted by Gasteiger charge is 2.34. The molecule has 45 heavy (non-hydrogen) atoms. The van der Waals surface area contributed by atoms with Gasteiger partial charge in [0.05, 0.1) is 10.6 Å². The molecule has 0 aliphatic rings. The van der Waals surface area contributed by atoms with Crippen LogP contribution in [0, 0.1) is 6.92 Å². The summed E-state index contributed by atoms with van der Waals surface area (Å²) >= 11 is 12.7. The zero-order valence-corrected chi connectivity index (χ0v) is 27.7. The molecule has 4 aromatic rings. The molecule has 10 heteroatoms. The molecule has 0 fully saturated rings. The van der Waals surface area contributed by atoms with E-state index in [9.17, 15) is 18.0 Å². The van der Waals surface area contributed by atoms with Gasteiger partial charge >= 0.3 is 0 Å². The quantitative estimate of drug-likeness (QED) is 0.146. The first-order chi connectivity index (χ1) is 21.6. The van der Waals surface area contributed by atoms with Gasteiger partial charge in [-0.25, -0.2) is 8.42 Å². The van der Waals surface area contributed by atoms with Crippen molar-refractivity contribution < 1.29 is 18.0 Å². The third kappa shape index (κ3) is 9.10. The first-order valence-electron chi connectivity index (χ1n) is 14.8. The summed E-state index contributed by atoms with van der Waals surface area (Å²) in [5.74, 6) is -0.896. The SMILES string of the molecule is CCCCNC(=O)[C@@H](Cc1ccccc1)N(Cc1ccc(Cl)cc1Cl)C(=O)CN(c1cccc(C)c1)S(=O)(=O)c1ccccc1. The monoisotopic (exact) mass is 665 g/mol. The number of hydrogen-bond donors (Lipinski definition) is 1. The summed E-state index contributed by atoms with van der Waals surface area (Å²) in [7, 11) is -4.17. The summed E-state index contributed by atoms with van der Waals surface area (Å²) in [6.45, 7) is 3.74. The van der Waals surface area contributed by atoms with Crippen LogP contribution in [0.5, 0.6) is 0 Å². The molecule has 0 radical (unpaired) electrons. The zero-order chi connectivity index (χ0) is 32.4. The zero-order valence-electron chi connectivity index (χ0n) is 25.3. The molecule has 1 atom stereocenters. The van der Waals surface area contributed by atoms with Gasteiger partial charge in [0.25, 0.3) is 10.0 Å². The van der Waals surface area contributed by atoms with E-state index < -0.39 is 28.5 Å². The number of hydrogen-bond acceptors (Lipinski definition) is 4. The number of sulfonamides is 1. The van der Waals surface area contributed by atoms with Crippen molar-refractivity contribution in [2.24, 2.45) is 0 Å². The molecule has 0 aromatic heterocycles. The van der Waals surface area contributed by atoms with Gasteiger partial charge in [0.15, 0.2) is 0 Å². The fourth-order valence-corrected chi connectivity index (χ4v) is 6.82. The van der Waals surface area contributed by atoms with E-state index >= 15 is 0 Å². The maximum atomic E-state index is 14.5. The van der Waals surface area contributed by atoms with Crippen LogP contribution < -0.4 is 9.62 Å². The molecule has 0 spiro atoms. The van der Waals surface area contributed by atoms with Crippen LogP contribution in [0.25, 0.3) is 0 Å². The van der Waals surface area contributed by atoms with E-state index in [1.54, 1.807) is 54.6 Å². The predicted molar refractivity (Wildman–Crippen MR) is 181 cm³/mol. The molecule has 0 saturated carbocycles. The van der Waals surface area contributed by atoms with E-state index in [0.717, 1.165) is 28.3 Å². The molecule has 0 aliphatic carbocycles. The number of carbonyl (C=O) groups is 2. The van der Waals surface area contributed by atoms with Crippen LogP contribution in [0.3, 0.4) is 0 Å². The first kappa shape index (κ1) is 34.0. The molecule has 7 nitrogen and oxygen atoms in total. The minimum Gasteiger partial charge on any atom is -0.354 e. The van der Waals surface area contributed by atoms with Crippen LogP contribution in [-0.2, 0) is 32.6 Å². The first-order valence-corrected chi connectivity index (χ1v) is 17.0. The average molecular weight is 667 g/mol. The van der Waals surface area contributed by atoms with Gasteiger partial charge in [0, 0.05) is 29.6 Å². The second kappa shape index (κ2) is 15.9. The number of nitrogens with zero attached hydrogens (tertiary/aromatic N) is 2. The van der Waals surface area contributed by atoms with Gasteiger partial charge in [-0.1, -0.05) is 103 Å². The highest BCUT2D eigenvalue weighted by Crippen LogP contribution is 2.27. The lowest BCUT2D eigenvalue weighted by Crippen LogP contribution is -2.53. The number of aryl methyl sites for hydroxylation is 1. The molecule has 0 aliphatic heterocycles. The average Bonchev–Trinajstić information content (AvgIpc) is 3.03. The molecule has 0 bridgehead atoms. The van der Waals surface area contributed by atoms with Crippen molar-refractivity contribution in [1.82, 2.24) is 10.2 Å². The molecule has 1 N–H and O–H groups in total. The topological polar surface area (TPSA) is 86.8 Å². The lowest BCUT2D eigenvalue weighted by molar-refractivity contribution is -0.140. The van der Waals surface area contributed by atoms with Crippen molar-refractivity contribution in [2.75, 3.05) is 17.4 Å². The van der Waals surface area contributed by atoms with E-state index in [-0.39, 0.29) is 23.8 Å². The van der Waals surface area contributed by atoms with Gasteiger partial charge in [-0.3, -0.25) is 13.9 Å². The Morgan fingerprint density at radius 3 is 2.20 bits per heavy atom. The Labute approximate surface area is 275 Å². The summed E-state index contributed by atoms with van der Waals surface area (Å²) in [6.07, 6.45) is 1.87. The molecule has 0 saturated heterocycles. The Hall–Kier alpha value is -3.85. The summed E-state index contributed by atoms with van der Waals surface area (Å²) in [5.41, 5.74) is 2.58. The van der Waals surface area contributed by atoms with Crippen LogP contribution in [-0.4, -0.2) is 44.3 Å². The summed E-state index contributed by atoms with van der Waals surface area (Å²) in [4.78, 5) is 29.8. The molecule has 236 valence electrons. The van der Waals surface area contributed by atoms with Crippen molar-refractivity contribution in [3.05, 3.63) is 130 Å². The van der Waals surface area contributed by atoms with Crippen LogP contribution in [0.15, 0.2) is 108 Å². The highest BCUT2D eigenvalue weighted by atomic mass is 35.5. The van der Waals surface area contributed by atoms with E-state index in [4.69, 9.17) is 23.2 Å². The number of unbranched alkanes of at least 4 members (excludes halogenated alkanes) is 1. The smallest absolute Gasteiger partial charge is 0.264 e. The lowest BCUT2D eigenvalue weighted by Gasteiger charge is -2.34. The van der Waals surface area contributed by atoms with Crippen molar-refractivity contribution in [3.8, 4) is 0 Å². The maximum Gasteiger partial charge on any atom is 0.264 e. The second-order valence-electron chi connectivity index (χ2n) is 10.8. The number of amides is 2. The Morgan fingerprint density at radius 1 is 0.867 bits per heavy atom. The van der Waals surface area contributed by atoms with Crippen LogP contribution in [0.1, 0.15) is 36.5 Å². The molecule has 2 amide bonds. The fraction of sp³-hybridized carbons (Fsp3) is 0.257. The van der Waals surface area contributed by atoms with Crippen molar-refractivity contribution in [1.29, 1.82) is 0 Å². The maximum absolute atomic E-state index is 14.5. The number of rotatable bonds is 14. The third-order valence-corrected chi connectivity index (χ3v) is 9.73. The summed E-state index contributed by atoms with van der Waals surface area (Å²) in [5, 5.41) is 3.74. The van der Waals surface area contributed by atoms with Gasteiger partial charge in [-0.2, -0.15) is 0 Å². The lowest BCUT2D eigenvalue weighted by atomic mass is 10.0. The third-order valence-electron chi connectivity index (χ3n) is 7.36. The fourth-order valence-electron chi connectivity index (χ4n) is 4.93. The molecule has 4 rings (SSSR count). The molecule has 0 unspecified atom stereocenters. The van der Waals surface area contributed by atoms with E-state index in [2.05, 4.69) is 5.32 Å². The Balaban J connectivity index is 1.80. The number of halogens is 2. The van der Waals surface area contributed by atoms with Gasteiger partial charge in [0.1, 0.15) is 12.6 Å². The van der Waals surface area contributed by atoms with Crippen molar-refractivity contribution in [2.45, 2.75) is 50.6 Å². The number of carbonyl (C=O) groups excluding carboxylic acids is 2. The standard InChI is InChI=1S/C35H37Cl2N3O4S/c1-3-4-20-38-35(42)33(22-27-13-7-5-8-14-27)39(24-28-18-19-29(36)23-32(28)37)34(41)25-40(30-15-11-12-26(2)21-30)45(43,44)31-16-9-6-10-17-31/h5-19,21,23,33H,3-4,20,22,24-25H2,1-2H3,(H,38,42)/t33-/m1/s1. The molecule has 4 aromatic carbocycles. The Kier molecular flexibility index (Phi) is 12.0.